The maximum Gasteiger partial charge on any atom is 0.227 e. The summed E-state index contributed by atoms with van der Waals surface area (Å²) >= 11 is 1.39. The van der Waals surface area contributed by atoms with Gasteiger partial charge in [-0.1, -0.05) is 47.7 Å². The quantitative estimate of drug-likeness (QED) is 0.671. The Labute approximate surface area is 155 Å². The molecular weight excluding hydrogens is 350 g/mol. The number of anilines is 1. The Hall–Kier alpha value is -2.93. The number of methoxy groups -OCH3 is 1. The molecule has 0 unspecified atom stereocenters. The topological polar surface area (TPSA) is 80.3 Å². The number of thiazole rings is 1. The molecule has 134 valence electrons. The number of benzene rings is 2. The molecule has 0 saturated carbocycles. The first-order valence-corrected chi connectivity index (χ1v) is 9.01. The first-order valence-electron chi connectivity index (χ1n) is 8.19. The van der Waals surface area contributed by atoms with Crippen molar-refractivity contribution < 1.29 is 14.3 Å². The lowest BCUT2D eigenvalue weighted by molar-refractivity contribution is -0.120. The van der Waals surface area contributed by atoms with Crippen molar-refractivity contribution in [3.63, 3.8) is 0 Å². The third kappa shape index (κ3) is 4.58. The summed E-state index contributed by atoms with van der Waals surface area (Å²) in [5, 5.41) is 6.04. The number of ether oxygens (including phenoxy) is 1. The third-order valence-electron chi connectivity index (χ3n) is 3.73. The van der Waals surface area contributed by atoms with Gasteiger partial charge in [-0.2, -0.15) is 0 Å². The molecule has 0 fully saturated rings. The largest absolute Gasteiger partial charge is 0.494 e. The average molecular weight is 369 g/mol. The van der Waals surface area contributed by atoms with Crippen LogP contribution in [-0.2, 0) is 16.0 Å². The number of para-hydroxylation sites is 1. The maximum atomic E-state index is 12.1. The summed E-state index contributed by atoms with van der Waals surface area (Å²) in [4.78, 5) is 28.3. The molecule has 26 heavy (non-hydrogen) atoms. The summed E-state index contributed by atoms with van der Waals surface area (Å²) in [5.41, 5.74) is 1.67. The van der Waals surface area contributed by atoms with E-state index in [0.29, 0.717) is 17.3 Å². The normalized spacial score (nSPS) is 10.5. The van der Waals surface area contributed by atoms with Crippen molar-refractivity contribution in [2.45, 2.75) is 12.8 Å². The Kier molecular flexibility index (Phi) is 5.80. The van der Waals surface area contributed by atoms with E-state index < -0.39 is 0 Å². The Morgan fingerprint density at radius 1 is 1.08 bits per heavy atom. The molecule has 0 aliphatic rings. The zero-order valence-electron chi connectivity index (χ0n) is 14.3. The Bertz CT molecular complexity index is 909. The molecule has 0 saturated heterocycles. The summed E-state index contributed by atoms with van der Waals surface area (Å²) < 4.78 is 6.21. The molecule has 2 amide bonds. The lowest BCUT2D eigenvalue weighted by atomic mass is 10.1. The number of amides is 2. The molecule has 1 aromatic heterocycles. The fraction of sp³-hybridized carbons (Fsp3) is 0.211. The highest BCUT2D eigenvalue weighted by molar-refractivity contribution is 7.22. The van der Waals surface area contributed by atoms with E-state index in [-0.39, 0.29) is 24.8 Å². The van der Waals surface area contributed by atoms with Gasteiger partial charge in [-0.3, -0.25) is 9.59 Å². The van der Waals surface area contributed by atoms with Crippen molar-refractivity contribution in [2.75, 3.05) is 19.0 Å². The van der Waals surface area contributed by atoms with Gasteiger partial charge in [0.1, 0.15) is 11.3 Å². The fourth-order valence-electron chi connectivity index (χ4n) is 2.48. The van der Waals surface area contributed by atoms with Crippen molar-refractivity contribution in [1.82, 2.24) is 10.3 Å². The zero-order valence-corrected chi connectivity index (χ0v) is 15.1. The molecule has 3 rings (SSSR count). The van der Waals surface area contributed by atoms with E-state index in [0.717, 1.165) is 15.8 Å². The van der Waals surface area contributed by atoms with Crippen LogP contribution in [0.5, 0.6) is 5.75 Å². The number of carbonyl (C=O) groups is 2. The summed E-state index contributed by atoms with van der Waals surface area (Å²) in [6, 6.07) is 15.1. The van der Waals surface area contributed by atoms with Gasteiger partial charge in [0, 0.05) is 13.0 Å². The minimum atomic E-state index is -0.192. The van der Waals surface area contributed by atoms with Crippen LogP contribution in [0.2, 0.25) is 0 Å². The predicted octanol–water partition coefficient (Wildman–Crippen LogP) is 2.99. The van der Waals surface area contributed by atoms with E-state index in [1.54, 1.807) is 7.11 Å². The number of nitrogens with zero attached hydrogens (tertiary/aromatic N) is 1. The van der Waals surface area contributed by atoms with Crippen LogP contribution in [0, 0.1) is 0 Å². The molecule has 0 radical (unpaired) electrons. The third-order valence-corrected chi connectivity index (χ3v) is 4.67. The van der Waals surface area contributed by atoms with Gasteiger partial charge in [0.2, 0.25) is 11.8 Å². The van der Waals surface area contributed by atoms with Gasteiger partial charge < -0.3 is 15.4 Å². The number of carbonyl (C=O) groups excluding carboxylic acids is 2. The van der Waals surface area contributed by atoms with Crippen LogP contribution in [-0.4, -0.2) is 30.5 Å². The average Bonchev–Trinajstić information content (AvgIpc) is 3.04. The SMILES string of the molecule is COc1cccc2sc(NC(=O)CCNC(=O)Cc3ccccc3)nc12. The van der Waals surface area contributed by atoms with Crippen molar-refractivity contribution in [3.05, 3.63) is 54.1 Å². The summed E-state index contributed by atoms with van der Waals surface area (Å²) in [6.45, 7) is 0.283. The van der Waals surface area contributed by atoms with E-state index >= 15 is 0 Å². The second kappa shape index (κ2) is 8.44. The predicted molar refractivity (Wildman–Crippen MR) is 103 cm³/mol. The minimum absolute atomic E-state index is 0.103. The molecule has 0 aliphatic heterocycles. The van der Waals surface area contributed by atoms with Gasteiger partial charge in [-0.15, -0.1) is 0 Å². The summed E-state index contributed by atoms with van der Waals surface area (Å²) in [6.07, 6.45) is 0.494. The number of hydrogen-bond donors (Lipinski definition) is 2. The molecule has 0 spiro atoms. The van der Waals surface area contributed by atoms with Gasteiger partial charge in [0.25, 0.3) is 0 Å². The first-order chi connectivity index (χ1) is 12.7. The molecule has 2 aromatic carbocycles. The van der Waals surface area contributed by atoms with Crippen LogP contribution in [0.1, 0.15) is 12.0 Å². The van der Waals surface area contributed by atoms with E-state index in [9.17, 15) is 9.59 Å². The van der Waals surface area contributed by atoms with Crippen LogP contribution in [0.25, 0.3) is 10.2 Å². The second-order valence-electron chi connectivity index (χ2n) is 5.64. The van der Waals surface area contributed by atoms with Crippen LogP contribution in [0.3, 0.4) is 0 Å². The van der Waals surface area contributed by atoms with Gasteiger partial charge in [0.05, 0.1) is 18.2 Å². The summed E-state index contributed by atoms with van der Waals surface area (Å²) in [7, 11) is 1.59. The Morgan fingerprint density at radius 3 is 2.65 bits per heavy atom. The molecule has 1 heterocycles. The van der Waals surface area contributed by atoms with Crippen LogP contribution in [0.4, 0.5) is 5.13 Å². The van der Waals surface area contributed by atoms with Crippen LogP contribution in [0.15, 0.2) is 48.5 Å². The lowest BCUT2D eigenvalue weighted by Crippen LogP contribution is -2.28. The highest BCUT2D eigenvalue weighted by atomic mass is 32.1. The summed E-state index contributed by atoms with van der Waals surface area (Å²) in [5.74, 6) is 0.379. The molecule has 3 aromatic rings. The molecule has 0 bridgehead atoms. The van der Waals surface area contributed by atoms with Crippen molar-refractivity contribution in [3.8, 4) is 5.75 Å². The van der Waals surface area contributed by atoms with Gasteiger partial charge >= 0.3 is 0 Å². The molecule has 0 aliphatic carbocycles. The number of fused-ring (bicyclic) bond motifs is 1. The van der Waals surface area contributed by atoms with E-state index in [4.69, 9.17) is 4.74 Å². The van der Waals surface area contributed by atoms with Crippen LogP contribution < -0.4 is 15.4 Å². The monoisotopic (exact) mass is 369 g/mol. The molecule has 0 atom stereocenters. The van der Waals surface area contributed by atoms with Crippen molar-refractivity contribution >= 4 is 38.5 Å². The first kappa shape index (κ1) is 17.9. The number of hydrogen-bond acceptors (Lipinski definition) is 5. The Balaban J connectivity index is 1.48. The smallest absolute Gasteiger partial charge is 0.227 e. The van der Waals surface area contributed by atoms with Gasteiger partial charge in [-0.25, -0.2) is 4.98 Å². The number of rotatable bonds is 7. The second-order valence-corrected chi connectivity index (χ2v) is 6.67. The van der Waals surface area contributed by atoms with E-state index in [1.165, 1.54) is 11.3 Å². The Morgan fingerprint density at radius 2 is 1.88 bits per heavy atom. The number of aromatic nitrogens is 1. The van der Waals surface area contributed by atoms with Crippen molar-refractivity contribution in [1.29, 1.82) is 0 Å². The van der Waals surface area contributed by atoms with E-state index in [1.807, 2.05) is 48.5 Å². The standard InChI is InChI=1S/C19H19N3O3S/c1-25-14-8-5-9-15-18(14)22-19(26-15)21-16(23)10-11-20-17(24)12-13-6-3-2-4-7-13/h2-9H,10-12H2,1H3,(H,20,24)(H,21,22,23). The zero-order chi connectivity index (χ0) is 18.4. The van der Waals surface area contributed by atoms with Gasteiger partial charge in [0.15, 0.2) is 5.13 Å². The number of nitrogens with one attached hydrogen (secondary N) is 2. The highest BCUT2D eigenvalue weighted by Crippen LogP contribution is 2.31. The maximum absolute atomic E-state index is 12.1. The molecule has 7 heteroatoms. The van der Waals surface area contributed by atoms with E-state index in [2.05, 4.69) is 15.6 Å². The minimum Gasteiger partial charge on any atom is -0.494 e. The fourth-order valence-corrected chi connectivity index (χ4v) is 3.38. The van der Waals surface area contributed by atoms with Crippen LogP contribution >= 0.6 is 11.3 Å². The van der Waals surface area contributed by atoms with Crippen molar-refractivity contribution in [2.24, 2.45) is 0 Å². The van der Waals surface area contributed by atoms with Gasteiger partial charge in [-0.05, 0) is 17.7 Å². The highest BCUT2D eigenvalue weighted by Gasteiger charge is 2.11. The molecule has 6 nitrogen and oxygen atoms in total. The molecular formula is C19H19N3O3S. The molecule has 2 N–H and O–H groups in total. The lowest BCUT2D eigenvalue weighted by Gasteiger charge is -2.05.